The second kappa shape index (κ2) is 6.53. The van der Waals surface area contributed by atoms with Crippen molar-refractivity contribution in [2.24, 2.45) is 0 Å². The van der Waals surface area contributed by atoms with Gasteiger partial charge in [-0.15, -0.1) is 11.6 Å². The molecule has 4 nitrogen and oxygen atoms in total. The standard InChI is InChI=1S/C11H18ClN3O/c1-4-15(6-5-12)10-7-11(14-8-13-10)16-9(2)3/h7-9H,4-6H2,1-3H3. The van der Waals surface area contributed by atoms with Crippen molar-refractivity contribution in [2.45, 2.75) is 26.9 Å². The molecule has 1 aromatic rings. The van der Waals surface area contributed by atoms with Gasteiger partial charge in [0.2, 0.25) is 5.88 Å². The largest absolute Gasteiger partial charge is 0.475 e. The lowest BCUT2D eigenvalue weighted by atomic mass is 10.4. The van der Waals surface area contributed by atoms with Crippen LogP contribution in [0.5, 0.6) is 5.88 Å². The van der Waals surface area contributed by atoms with E-state index in [1.165, 1.54) is 6.33 Å². The van der Waals surface area contributed by atoms with Gasteiger partial charge in [0.15, 0.2) is 0 Å². The Morgan fingerprint density at radius 1 is 1.44 bits per heavy atom. The Hall–Kier alpha value is -1.03. The lowest BCUT2D eigenvalue weighted by molar-refractivity contribution is 0.232. The second-order valence-electron chi connectivity index (χ2n) is 3.65. The van der Waals surface area contributed by atoms with Crippen LogP contribution in [0.2, 0.25) is 0 Å². The number of halogens is 1. The van der Waals surface area contributed by atoms with Crippen LogP contribution < -0.4 is 9.64 Å². The number of nitrogens with zero attached hydrogens (tertiary/aromatic N) is 3. The van der Waals surface area contributed by atoms with Gasteiger partial charge in [-0.2, -0.15) is 0 Å². The van der Waals surface area contributed by atoms with E-state index in [0.717, 1.165) is 18.9 Å². The highest BCUT2D eigenvalue weighted by atomic mass is 35.5. The molecule has 16 heavy (non-hydrogen) atoms. The van der Waals surface area contributed by atoms with Crippen LogP contribution in [0, 0.1) is 0 Å². The van der Waals surface area contributed by atoms with Gasteiger partial charge in [-0.3, -0.25) is 0 Å². The highest BCUT2D eigenvalue weighted by molar-refractivity contribution is 6.18. The molecule has 0 atom stereocenters. The van der Waals surface area contributed by atoms with Crippen LogP contribution in [-0.2, 0) is 0 Å². The molecule has 0 radical (unpaired) electrons. The maximum absolute atomic E-state index is 5.73. The van der Waals surface area contributed by atoms with Crippen molar-refractivity contribution in [3.8, 4) is 5.88 Å². The third kappa shape index (κ3) is 3.85. The van der Waals surface area contributed by atoms with Crippen LogP contribution in [-0.4, -0.2) is 35.0 Å². The molecule has 1 aromatic heterocycles. The molecule has 90 valence electrons. The molecule has 0 bridgehead atoms. The molecule has 0 aliphatic carbocycles. The van der Waals surface area contributed by atoms with E-state index in [0.29, 0.717) is 11.8 Å². The SMILES string of the molecule is CCN(CCCl)c1cc(OC(C)C)ncn1. The first-order valence-corrected chi connectivity index (χ1v) is 6.00. The van der Waals surface area contributed by atoms with Crippen molar-refractivity contribution in [3.05, 3.63) is 12.4 Å². The van der Waals surface area contributed by atoms with E-state index in [1.54, 1.807) is 0 Å². The van der Waals surface area contributed by atoms with Crippen molar-refractivity contribution in [3.63, 3.8) is 0 Å². The van der Waals surface area contributed by atoms with Crippen LogP contribution >= 0.6 is 11.6 Å². The van der Waals surface area contributed by atoms with E-state index < -0.39 is 0 Å². The fraction of sp³-hybridized carbons (Fsp3) is 0.636. The summed E-state index contributed by atoms with van der Waals surface area (Å²) in [6.45, 7) is 7.65. The maximum Gasteiger partial charge on any atom is 0.218 e. The summed E-state index contributed by atoms with van der Waals surface area (Å²) in [6, 6.07) is 1.84. The third-order valence-corrected chi connectivity index (χ3v) is 2.21. The number of aromatic nitrogens is 2. The van der Waals surface area contributed by atoms with Gasteiger partial charge in [0.25, 0.3) is 0 Å². The van der Waals surface area contributed by atoms with Gasteiger partial charge in [0.05, 0.1) is 6.10 Å². The van der Waals surface area contributed by atoms with Crippen LogP contribution in [0.25, 0.3) is 0 Å². The Morgan fingerprint density at radius 3 is 2.75 bits per heavy atom. The molecule has 0 amide bonds. The summed E-state index contributed by atoms with van der Waals surface area (Å²) in [4.78, 5) is 10.4. The quantitative estimate of drug-likeness (QED) is 0.719. The summed E-state index contributed by atoms with van der Waals surface area (Å²) in [5.74, 6) is 2.04. The van der Waals surface area contributed by atoms with Gasteiger partial charge >= 0.3 is 0 Å². The topological polar surface area (TPSA) is 38.2 Å². The average Bonchev–Trinajstić information content (AvgIpc) is 2.25. The molecular formula is C11H18ClN3O. The molecule has 5 heteroatoms. The molecule has 0 spiro atoms. The number of anilines is 1. The Bertz CT molecular complexity index is 320. The summed E-state index contributed by atoms with van der Waals surface area (Å²) in [6.07, 6.45) is 1.63. The van der Waals surface area contributed by atoms with Crippen molar-refractivity contribution < 1.29 is 4.74 Å². The third-order valence-electron chi connectivity index (χ3n) is 2.04. The lowest BCUT2D eigenvalue weighted by Crippen LogP contribution is -2.26. The zero-order valence-corrected chi connectivity index (χ0v) is 10.7. The van der Waals surface area contributed by atoms with Gasteiger partial charge in [0, 0.05) is 25.0 Å². The Labute approximate surface area is 102 Å². The highest BCUT2D eigenvalue weighted by Gasteiger charge is 2.07. The second-order valence-corrected chi connectivity index (χ2v) is 4.03. The molecule has 0 unspecified atom stereocenters. The summed E-state index contributed by atoms with van der Waals surface area (Å²) < 4.78 is 5.52. The van der Waals surface area contributed by atoms with Crippen LogP contribution in [0.15, 0.2) is 12.4 Å². The van der Waals surface area contributed by atoms with E-state index in [1.807, 2.05) is 19.9 Å². The lowest BCUT2D eigenvalue weighted by Gasteiger charge is -2.20. The minimum atomic E-state index is 0.117. The molecule has 0 saturated carbocycles. The summed E-state index contributed by atoms with van der Waals surface area (Å²) >= 11 is 5.73. The minimum Gasteiger partial charge on any atom is -0.475 e. The first-order valence-electron chi connectivity index (χ1n) is 5.47. The highest BCUT2D eigenvalue weighted by Crippen LogP contribution is 2.16. The van der Waals surface area contributed by atoms with E-state index in [4.69, 9.17) is 16.3 Å². The summed E-state index contributed by atoms with van der Waals surface area (Å²) in [5.41, 5.74) is 0. The summed E-state index contributed by atoms with van der Waals surface area (Å²) in [5, 5.41) is 0. The maximum atomic E-state index is 5.73. The normalized spacial score (nSPS) is 10.6. The monoisotopic (exact) mass is 243 g/mol. The van der Waals surface area contributed by atoms with E-state index in [9.17, 15) is 0 Å². The average molecular weight is 244 g/mol. The van der Waals surface area contributed by atoms with Crippen molar-refractivity contribution in [1.29, 1.82) is 0 Å². The first kappa shape index (κ1) is 13.0. The molecule has 1 rings (SSSR count). The van der Waals surface area contributed by atoms with Gasteiger partial charge in [-0.1, -0.05) is 0 Å². The number of alkyl halides is 1. The number of hydrogen-bond acceptors (Lipinski definition) is 4. The van der Waals surface area contributed by atoms with E-state index in [-0.39, 0.29) is 6.10 Å². The smallest absolute Gasteiger partial charge is 0.218 e. The molecular weight excluding hydrogens is 226 g/mol. The molecule has 0 aromatic carbocycles. The van der Waals surface area contributed by atoms with Crippen molar-refractivity contribution in [1.82, 2.24) is 9.97 Å². The Morgan fingerprint density at radius 2 is 2.19 bits per heavy atom. The summed E-state index contributed by atoms with van der Waals surface area (Å²) in [7, 11) is 0. The Kier molecular flexibility index (Phi) is 5.32. The van der Waals surface area contributed by atoms with Gasteiger partial charge in [0.1, 0.15) is 12.1 Å². The molecule has 0 saturated heterocycles. The van der Waals surface area contributed by atoms with Crippen LogP contribution in [0.4, 0.5) is 5.82 Å². The molecule has 0 aliphatic rings. The molecule has 0 fully saturated rings. The fourth-order valence-electron chi connectivity index (χ4n) is 1.35. The number of rotatable bonds is 6. The predicted molar refractivity (Wildman–Crippen MR) is 66.4 cm³/mol. The zero-order valence-electron chi connectivity index (χ0n) is 9.98. The zero-order chi connectivity index (χ0) is 12.0. The Balaban J connectivity index is 2.79. The predicted octanol–water partition coefficient (Wildman–Crippen LogP) is 2.33. The fourth-order valence-corrected chi connectivity index (χ4v) is 1.55. The first-order chi connectivity index (χ1) is 7.67. The number of ether oxygens (including phenoxy) is 1. The van der Waals surface area contributed by atoms with Crippen molar-refractivity contribution in [2.75, 3.05) is 23.9 Å². The number of hydrogen-bond donors (Lipinski definition) is 0. The van der Waals surface area contributed by atoms with Gasteiger partial charge in [-0.25, -0.2) is 9.97 Å². The molecule has 1 heterocycles. The van der Waals surface area contributed by atoms with E-state index in [2.05, 4.69) is 21.8 Å². The van der Waals surface area contributed by atoms with Gasteiger partial charge in [-0.05, 0) is 20.8 Å². The molecule has 0 aliphatic heterocycles. The van der Waals surface area contributed by atoms with E-state index >= 15 is 0 Å². The van der Waals surface area contributed by atoms with Gasteiger partial charge < -0.3 is 9.64 Å². The van der Waals surface area contributed by atoms with Crippen LogP contribution in [0.3, 0.4) is 0 Å². The minimum absolute atomic E-state index is 0.117. The molecule has 0 N–H and O–H groups in total. The van der Waals surface area contributed by atoms with Crippen molar-refractivity contribution >= 4 is 17.4 Å². The van der Waals surface area contributed by atoms with Crippen LogP contribution in [0.1, 0.15) is 20.8 Å².